The number of nitrogens with one attached hydrogen (secondary N) is 1. The summed E-state index contributed by atoms with van der Waals surface area (Å²) in [6, 6.07) is 6.78. The minimum atomic E-state index is -0.517. The van der Waals surface area contributed by atoms with Gasteiger partial charge in [0.1, 0.15) is 23.6 Å². The van der Waals surface area contributed by atoms with E-state index in [1.165, 1.54) is 22.5 Å². The molecule has 12 heteroatoms. The number of carbonyl (C=O) groups excluding carboxylic acids is 2. The normalized spacial score (nSPS) is 15.5. The largest absolute Gasteiger partial charge is 0.496 e. The number of amides is 2. The van der Waals surface area contributed by atoms with Gasteiger partial charge in [-0.05, 0) is 30.7 Å². The maximum atomic E-state index is 13.2. The zero-order valence-corrected chi connectivity index (χ0v) is 19.5. The van der Waals surface area contributed by atoms with Crippen molar-refractivity contribution in [3.8, 4) is 17.0 Å². The lowest BCUT2D eigenvalue weighted by atomic mass is 10.1. The summed E-state index contributed by atoms with van der Waals surface area (Å²) in [6.07, 6.45) is 6.32. The topological polar surface area (TPSA) is 127 Å². The molecule has 1 aromatic carbocycles. The number of aromatic nitrogens is 5. The van der Waals surface area contributed by atoms with Gasteiger partial charge in [-0.1, -0.05) is 11.6 Å². The Bertz CT molecular complexity index is 1420. The van der Waals surface area contributed by atoms with Gasteiger partial charge in [-0.15, -0.1) is 0 Å². The van der Waals surface area contributed by atoms with E-state index in [1.54, 1.807) is 47.8 Å². The predicted octanol–water partition coefficient (Wildman–Crippen LogP) is 2.10. The fourth-order valence-corrected chi connectivity index (χ4v) is 4.21. The van der Waals surface area contributed by atoms with Crippen LogP contribution in [0.1, 0.15) is 16.8 Å². The summed E-state index contributed by atoms with van der Waals surface area (Å²) in [7, 11) is 1.52. The number of halogens is 1. The van der Waals surface area contributed by atoms with E-state index in [2.05, 4.69) is 20.5 Å². The van der Waals surface area contributed by atoms with Crippen LogP contribution in [-0.2, 0) is 11.3 Å². The van der Waals surface area contributed by atoms with Crippen molar-refractivity contribution in [1.29, 1.82) is 0 Å². The molecule has 35 heavy (non-hydrogen) atoms. The Morgan fingerprint density at radius 1 is 1.34 bits per heavy atom. The highest BCUT2D eigenvalue weighted by Gasteiger charge is 2.26. The van der Waals surface area contributed by atoms with Gasteiger partial charge < -0.3 is 20.1 Å². The fraction of sp³-hybridized carbons (Fsp3) is 0.261. The van der Waals surface area contributed by atoms with Crippen LogP contribution >= 0.6 is 11.6 Å². The number of nitrogens with zero attached hydrogens (tertiary/aromatic N) is 6. The minimum absolute atomic E-state index is 0.0588. The highest BCUT2D eigenvalue weighted by atomic mass is 35.5. The van der Waals surface area contributed by atoms with Gasteiger partial charge in [-0.25, -0.2) is 9.50 Å². The van der Waals surface area contributed by atoms with E-state index in [0.717, 1.165) is 0 Å². The molecule has 0 bridgehead atoms. The number of anilines is 1. The Morgan fingerprint density at radius 2 is 2.20 bits per heavy atom. The summed E-state index contributed by atoms with van der Waals surface area (Å²) in [5.74, 6) is -0.116. The first kappa shape index (κ1) is 22.8. The molecule has 0 aliphatic carbocycles. The van der Waals surface area contributed by atoms with Gasteiger partial charge >= 0.3 is 0 Å². The van der Waals surface area contributed by atoms with Crippen molar-refractivity contribution < 1.29 is 19.4 Å². The van der Waals surface area contributed by atoms with Crippen LogP contribution in [0.4, 0.5) is 5.69 Å². The van der Waals surface area contributed by atoms with Crippen LogP contribution in [-0.4, -0.2) is 72.5 Å². The number of methoxy groups -OCH3 is 1. The van der Waals surface area contributed by atoms with Gasteiger partial charge in [0.2, 0.25) is 5.91 Å². The van der Waals surface area contributed by atoms with Crippen LogP contribution in [0.25, 0.3) is 16.9 Å². The van der Waals surface area contributed by atoms with Crippen LogP contribution in [0.3, 0.4) is 0 Å². The summed E-state index contributed by atoms with van der Waals surface area (Å²) in [4.78, 5) is 31.7. The number of benzene rings is 1. The van der Waals surface area contributed by atoms with Crippen molar-refractivity contribution in [1.82, 2.24) is 29.3 Å². The molecule has 2 N–H and O–H groups in total. The van der Waals surface area contributed by atoms with Crippen molar-refractivity contribution in [2.45, 2.75) is 19.1 Å². The second kappa shape index (κ2) is 9.35. The molecule has 5 rings (SSSR count). The molecule has 0 radical (unpaired) electrons. The molecule has 0 saturated carbocycles. The van der Waals surface area contributed by atoms with Gasteiger partial charge in [0.25, 0.3) is 5.91 Å². The number of rotatable bonds is 6. The minimum Gasteiger partial charge on any atom is -0.496 e. The standard InChI is InChI=1S/C23H22ClN7O4/c1-35-19-4-3-14(24)9-16(19)21-18(12-30(28-21)13-20(33)29-8-5-15(32)11-29)27-23(34)17-10-26-31-7-2-6-25-22(17)31/h2-4,6-7,9-10,12,15,32H,5,8,11,13H2,1H3,(H,27,34)/t15-/m0/s1. The molecule has 1 aliphatic heterocycles. The third-order valence-electron chi connectivity index (χ3n) is 5.76. The van der Waals surface area contributed by atoms with Gasteiger partial charge in [0, 0.05) is 42.3 Å². The highest BCUT2D eigenvalue weighted by Crippen LogP contribution is 2.36. The summed E-state index contributed by atoms with van der Waals surface area (Å²) in [5, 5.41) is 21.8. The Morgan fingerprint density at radius 3 is 2.97 bits per heavy atom. The molecule has 4 heterocycles. The van der Waals surface area contributed by atoms with Crippen molar-refractivity contribution in [2.24, 2.45) is 0 Å². The Labute approximate surface area is 204 Å². The molecular weight excluding hydrogens is 474 g/mol. The van der Waals surface area contributed by atoms with Gasteiger partial charge in [-0.3, -0.25) is 14.3 Å². The van der Waals surface area contributed by atoms with Crippen molar-refractivity contribution in [2.75, 3.05) is 25.5 Å². The smallest absolute Gasteiger partial charge is 0.261 e. The van der Waals surface area contributed by atoms with Gasteiger partial charge in [0.15, 0.2) is 5.65 Å². The number of aliphatic hydroxyl groups excluding tert-OH is 1. The predicted molar refractivity (Wildman–Crippen MR) is 127 cm³/mol. The molecule has 0 spiro atoms. The SMILES string of the molecule is COc1ccc(Cl)cc1-c1nn(CC(=O)N2CC[C@H](O)C2)cc1NC(=O)c1cnn2cccnc12. The molecule has 1 saturated heterocycles. The Hall–Kier alpha value is -3.96. The second-order valence-electron chi connectivity index (χ2n) is 8.12. The first-order chi connectivity index (χ1) is 16.9. The van der Waals surface area contributed by atoms with Crippen molar-refractivity contribution >= 4 is 34.7 Å². The van der Waals surface area contributed by atoms with E-state index in [-0.39, 0.29) is 18.0 Å². The number of likely N-dealkylation sites (tertiary alicyclic amines) is 1. The molecule has 3 aromatic heterocycles. The van der Waals surface area contributed by atoms with E-state index in [4.69, 9.17) is 16.3 Å². The lowest BCUT2D eigenvalue weighted by molar-refractivity contribution is -0.131. The number of hydrogen-bond acceptors (Lipinski definition) is 7. The molecule has 4 aromatic rings. The molecular formula is C23H22ClN7O4. The average molecular weight is 496 g/mol. The monoisotopic (exact) mass is 495 g/mol. The summed E-state index contributed by atoms with van der Waals surface area (Å²) in [5.41, 5.74) is 1.99. The lowest BCUT2D eigenvalue weighted by Crippen LogP contribution is -2.32. The van der Waals surface area contributed by atoms with Crippen LogP contribution in [0.2, 0.25) is 5.02 Å². The molecule has 11 nitrogen and oxygen atoms in total. The van der Waals surface area contributed by atoms with Gasteiger partial charge in [-0.2, -0.15) is 10.2 Å². The van der Waals surface area contributed by atoms with E-state index < -0.39 is 12.0 Å². The maximum absolute atomic E-state index is 13.2. The third kappa shape index (κ3) is 4.55. The van der Waals surface area contributed by atoms with Crippen LogP contribution < -0.4 is 10.1 Å². The van der Waals surface area contributed by atoms with Crippen LogP contribution in [0, 0.1) is 0 Å². The summed E-state index contributed by atoms with van der Waals surface area (Å²) in [6.45, 7) is 0.721. The molecule has 0 unspecified atom stereocenters. The first-order valence-corrected chi connectivity index (χ1v) is 11.3. The molecule has 2 amide bonds. The van der Waals surface area contributed by atoms with Gasteiger partial charge in [0.05, 0.1) is 25.1 Å². The van der Waals surface area contributed by atoms with Crippen LogP contribution in [0.15, 0.2) is 49.1 Å². The Balaban J connectivity index is 1.50. The molecule has 1 fully saturated rings. The van der Waals surface area contributed by atoms with E-state index in [1.807, 2.05) is 0 Å². The average Bonchev–Trinajstić information content (AvgIpc) is 3.57. The zero-order valence-electron chi connectivity index (χ0n) is 18.8. The summed E-state index contributed by atoms with van der Waals surface area (Å²) < 4.78 is 8.43. The fourth-order valence-electron chi connectivity index (χ4n) is 4.04. The van der Waals surface area contributed by atoms with Crippen molar-refractivity contribution in [3.05, 3.63) is 59.6 Å². The Kier molecular flexibility index (Phi) is 6.10. The number of β-amino-alcohol motifs (C(OH)–C–C–N with tert-alkyl or cyclic N) is 1. The summed E-state index contributed by atoms with van der Waals surface area (Å²) >= 11 is 6.24. The highest BCUT2D eigenvalue weighted by molar-refractivity contribution is 6.31. The number of fused-ring (bicyclic) bond motifs is 1. The number of hydrogen-bond donors (Lipinski definition) is 2. The molecule has 1 aliphatic rings. The molecule has 1 atom stereocenters. The zero-order chi connectivity index (χ0) is 24.5. The van der Waals surface area contributed by atoms with E-state index in [0.29, 0.717) is 52.9 Å². The van der Waals surface area contributed by atoms with Crippen molar-refractivity contribution in [3.63, 3.8) is 0 Å². The second-order valence-corrected chi connectivity index (χ2v) is 8.55. The maximum Gasteiger partial charge on any atom is 0.261 e. The molecule has 180 valence electrons. The lowest BCUT2D eigenvalue weighted by Gasteiger charge is -2.15. The first-order valence-electron chi connectivity index (χ1n) is 10.9. The number of ether oxygens (including phenoxy) is 1. The number of aliphatic hydroxyl groups is 1. The number of carbonyl (C=O) groups is 2. The van der Waals surface area contributed by atoms with E-state index >= 15 is 0 Å². The van der Waals surface area contributed by atoms with Crippen LogP contribution in [0.5, 0.6) is 5.75 Å². The third-order valence-corrected chi connectivity index (χ3v) is 6.00. The van der Waals surface area contributed by atoms with E-state index in [9.17, 15) is 14.7 Å². The quantitative estimate of drug-likeness (QED) is 0.419.